The van der Waals surface area contributed by atoms with Crippen molar-refractivity contribution in [1.29, 1.82) is 0 Å². The number of anilines is 1. The number of aryl methyl sites for hydroxylation is 1. The summed E-state index contributed by atoms with van der Waals surface area (Å²) in [5.41, 5.74) is 3.18. The standard InChI is InChI=1S/C13H18N4OS2/c1-5-14-12-16-17-13(20-12)19-7-10-9(3)11(18-4)8(2)6-15-10/h6H,5,7H2,1-4H3,(H,14,16). The summed E-state index contributed by atoms with van der Waals surface area (Å²) in [6.07, 6.45) is 1.85. The van der Waals surface area contributed by atoms with E-state index in [-0.39, 0.29) is 0 Å². The average molecular weight is 310 g/mol. The van der Waals surface area contributed by atoms with Crippen LogP contribution in [-0.2, 0) is 5.75 Å². The number of aromatic nitrogens is 3. The van der Waals surface area contributed by atoms with Crippen LogP contribution in [0.2, 0.25) is 0 Å². The molecule has 0 aromatic carbocycles. The van der Waals surface area contributed by atoms with E-state index in [0.717, 1.165) is 44.3 Å². The van der Waals surface area contributed by atoms with Crippen LogP contribution in [-0.4, -0.2) is 28.8 Å². The van der Waals surface area contributed by atoms with Crippen molar-refractivity contribution in [3.8, 4) is 5.75 Å². The normalized spacial score (nSPS) is 10.6. The Kier molecular flexibility index (Phi) is 5.19. The number of hydrogen-bond acceptors (Lipinski definition) is 7. The van der Waals surface area contributed by atoms with Crippen LogP contribution in [0, 0.1) is 13.8 Å². The lowest BCUT2D eigenvalue weighted by Gasteiger charge is -2.11. The van der Waals surface area contributed by atoms with Crippen molar-refractivity contribution in [3.05, 3.63) is 23.0 Å². The first-order valence-corrected chi connectivity index (χ1v) is 8.15. The second kappa shape index (κ2) is 6.90. The summed E-state index contributed by atoms with van der Waals surface area (Å²) in [5, 5.41) is 12.3. The van der Waals surface area contributed by atoms with Gasteiger partial charge in [0.2, 0.25) is 5.13 Å². The average Bonchev–Trinajstić information content (AvgIpc) is 2.87. The van der Waals surface area contributed by atoms with Crippen molar-refractivity contribution in [1.82, 2.24) is 15.2 Å². The molecule has 0 amide bonds. The zero-order chi connectivity index (χ0) is 14.5. The molecule has 0 fully saturated rings. The number of rotatable bonds is 6. The van der Waals surface area contributed by atoms with E-state index in [1.165, 1.54) is 0 Å². The SMILES string of the molecule is CCNc1nnc(SCc2ncc(C)c(OC)c2C)s1. The maximum absolute atomic E-state index is 5.42. The maximum atomic E-state index is 5.42. The van der Waals surface area contributed by atoms with Gasteiger partial charge in [0, 0.05) is 29.6 Å². The minimum atomic E-state index is 0.767. The Morgan fingerprint density at radius 2 is 2.15 bits per heavy atom. The Labute approximate surface area is 127 Å². The van der Waals surface area contributed by atoms with Crippen LogP contribution < -0.4 is 10.1 Å². The van der Waals surface area contributed by atoms with Crippen LogP contribution in [0.25, 0.3) is 0 Å². The summed E-state index contributed by atoms with van der Waals surface area (Å²) in [4.78, 5) is 4.48. The van der Waals surface area contributed by atoms with E-state index < -0.39 is 0 Å². The Bertz CT molecular complexity index is 586. The zero-order valence-electron chi connectivity index (χ0n) is 12.1. The molecule has 0 aliphatic carbocycles. The monoisotopic (exact) mass is 310 g/mol. The predicted octanol–water partition coefficient (Wildman–Crippen LogP) is 3.28. The highest BCUT2D eigenvalue weighted by Gasteiger charge is 2.11. The molecule has 5 nitrogen and oxygen atoms in total. The molecule has 2 rings (SSSR count). The molecule has 2 aromatic rings. The number of thioether (sulfide) groups is 1. The second-order valence-electron chi connectivity index (χ2n) is 4.24. The van der Waals surface area contributed by atoms with E-state index in [9.17, 15) is 0 Å². The first-order chi connectivity index (χ1) is 9.65. The Hall–Kier alpha value is -1.34. The minimum absolute atomic E-state index is 0.767. The van der Waals surface area contributed by atoms with Gasteiger partial charge in [-0.2, -0.15) is 0 Å². The number of pyridine rings is 1. The molecule has 2 aromatic heterocycles. The summed E-state index contributed by atoms with van der Waals surface area (Å²) in [6, 6.07) is 0. The van der Waals surface area contributed by atoms with E-state index in [2.05, 4.69) is 20.5 Å². The van der Waals surface area contributed by atoms with Crippen molar-refractivity contribution in [2.24, 2.45) is 0 Å². The van der Waals surface area contributed by atoms with Gasteiger partial charge in [-0.3, -0.25) is 4.98 Å². The topological polar surface area (TPSA) is 59.9 Å². The third-order valence-corrected chi connectivity index (χ3v) is 4.84. The van der Waals surface area contributed by atoms with Crippen LogP contribution in [0.4, 0.5) is 5.13 Å². The Balaban J connectivity index is 2.06. The summed E-state index contributed by atoms with van der Waals surface area (Å²) in [5.74, 6) is 1.68. The fraction of sp³-hybridized carbons (Fsp3) is 0.462. The van der Waals surface area contributed by atoms with Crippen LogP contribution in [0.5, 0.6) is 5.75 Å². The van der Waals surface area contributed by atoms with Crippen molar-refractivity contribution in [2.75, 3.05) is 19.0 Å². The van der Waals surface area contributed by atoms with Gasteiger partial charge in [-0.15, -0.1) is 10.2 Å². The largest absolute Gasteiger partial charge is 0.496 e. The summed E-state index contributed by atoms with van der Waals surface area (Å²) in [7, 11) is 1.69. The third kappa shape index (κ3) is 3.40. The molecule has 0 saturated heterocycles. The van der Waals surface area contributed by atoms with Crippen LogP contribution >= 0.6 is 23.1 Å². The van der Waals surface area contributed by atoms with E-state index in [4.69, 9.17) is 4.74 Å². The van der Waals surface area contributed by atoms with Crippen LogP contribution in [0.15, 0.2) is 10.5 Å². The highest BCUT2D eigenvalue weighted by Crippen LogP contribution is 2.31. The molecule has 1 N–H and O–H groups in total. The molecule has 0 spiro atoms. The number of hydrogen-bond donors (Lipinski definition) is 1. The lowest BCUT2D eigenvalue weighted by molar-refractivity contribution is 0.407. The molecular weight excluding hydrogens is 292 g/mol. The molecule has 0 aliphatic heterocycles. The molecule has 2 heterocycles. The van der Waals surface area contributed by atoms with Crippen LogP contribution in [0.3, 0.4) is 0 Å². The first-order valence-electron chi connectivity index (χ1n) is 6.35. The van der Waals surface area contributed by atoms with Gasteiger partial charge < -0.3 is 10.1 Å². The number of nitrogens with zero attached hydrogens (tertiary/aromatic N) is 3. The fourth-order valence-electron chi connectivity index (χ4n) is 1.84. The lowest BCUT2D eigenvalue weighted by atomic mass is 10.1. The van der Waals surface area contributed by atoms with E-state index in [1.807, 2.05) is 27.0 Å². The molecule has 0 bridgehead atoms. The highest BCUT2D eigenvalue weighted by molar-refractivity contribution is 8.00. The molecule has 7 heteroatoms. The second-order valence-corrected chi connectivity index (χ2v) is 6.44. The lowest BCUT2D eigenvalue weighted by Crippen LogP contribution is -1.98. The van der Waals surface area contributed by atoms with Gasteiger partial charge in [0.1, 0.15) is 5.75 Å². The van der Waals surface area contributed by atoms with Gasteiger partial charge in [0.15, 0.2) is 4.34 Å². The highest BCUT2D eigenvalue weighted by atomic mass is 32.2. The molecular formula is C13H18N4OS2. The first kappa shape index (κ1) is 15.1. The predicted molar refractivity (Wildman–Crippen MR) is 83.9 cm³/mol. The summed E-state index contributed by atoms with van der Waals surface area (Å²) in [6.45, 7) is 6.94. The summed E-state index contributed by atoms with van der Waals surface area (Å²) < 4.78 is 6.37. The minimum Gasteiger partial charge on any atom is -0.496 e. The van der Waals surface area contributed by atoms with Crippen molar-refractivity contribution in [3.63, 3.8) is 0 Å². The van der Waals surface area contributed by atoms with Gasteiger partial charge in [0.25, 0.3) is 0 Å². The van der Waals surface area contributed by atoms with Crippen molar-refractivity contribution >= 4 is 28.2 Å². The molecule has 0 aliphatic rings. The van der Waals surface area contributed by atoms with Gasteiger partial charge in [-0.05, 0) is 20.8 Å². The quantitative estimate of drug-likeness (QED) is 0.826. The Morgan fingerprint density at radius 1 is 1.35 bits per heavy atom. The number of nitrogens with one attached hydrogen (secondary N) is 1. The molecule has 0 radical (unpaired) electrons. The molecule has 0 saturated carbocycles. The van der Waals surface area contributed by atoms with Crippen molar-refractivity contribution in [2.45, 2.75) is 30.9 Å². The van der Waals surface area contributed by atoms with Gasteiger partial charge in [-0.25, -0.2) is 0 Å². The van der Waals surface area contributed by atoms with Gasteiger partial charge in [0.05, 0.1) is 12.8 Å². The zero-order valence-corrected chi connectivity index (χ0v) is 13.7. The van der Waals surface area contributed by atoms with Gasteiger partial charge in [-0.1, -0.05) is 23.1 Å². The molecule has 108 valence electrons. The van der Waals surface area contributed by atoms with Gasteiger partial charge >= 0.3 is 0 Å². The smallest absolute Gasteiger partial charge is 0.206 e. The molecule has 20 heavy (non-hydrogen) atoms. The molecule has 0 unspecified atom stereocenters. The van der Waals surface area contributed by atoms with Crippen molar-refractivity contribution < 1.29 is 4.74 Å². The van der Waals surface area contributed by atoms with Crippen LogP contribution in [0.1, 0.15) is 23.7 Å². The maximum Gasteiger partial charge on any atom is 0.206 e. The third-order valence-electron chi connectivity index (χ3n) is 2.82. The van der Waals surface area contributed by atoms with E-state index >= 15 is 0 Å². The number of ether oxygens (including phenoxy) is 1. The molecule has 0 atom stereocenters. The summed E-state index contributed by atoms with van der Waals surface area (Å²) >= 11 is 3.21. The van der Waals surface area contributed by atoms with E-state index in [0.29, 0.717) is 0 Å². The van der Waals surface area contributed by atoms with E-state index in [1.54, 1.807) is 30.2 Å². The number of methoxy groups -OCH3 is 1. The fourth-order valence-corrected chi connectivity index (χ4v) is 3.68. The Morgan fingerprint density at radius 3 is 2.85 bits per heavy atom.